The van der Waals surface area contributed by atoms with Gasteiger partial charge in [0.1, 0.15) is 15.9 Å². The molecule has 2 atom stereocenters. The van der Waals surface area contributed by atoms with Gasteiger partial charge in [0.2, 0.25) is 0 Å². The Hall–Kier alpha value is -1.13. The number of esters is 1. The summed E-state index contributed by atoms with van der Waals surface area (Å²) >= 11 is 11.7. The highest BCUT2D eigenvalue weighted by molar-refractivity contribution is 6.33. The van der Waals surface area contributed by atoms with E-state index < -0.39 is 5.60 Å². The van der Waals surface area contributed by atoms with Crippen LogP contribution in [0.3, 0.4) is 0 Å². The van der Waals surface area contributed by atoms with Crippen LogP contribution in [0.4, 0.5) is 0 Å². The van der Waals surface area contributed by atoms with E-state index in [0.717, 1.165) is 12.8 Å². The number of nitrogens with zero attached hydrogens (tertiary/aromatic N) is 1. The zero-order valence-electron chi connectivity index (χ0n) is 13.3. The van der Waals surface area contributed by atoms with Crippen LogP contribution in [-0.2, 0) is 9.53 Å². The number of rotatable bonds is 3. The van der Waals surface area contributed by atoms with Crippen molar-refractivity contribution in [3.05, 3.63) is 28.0 Å². The SMILES string of the molecule is CC(C)(C)OC(=O)C1CC2C(C1)C2C(=O)c1cc(Cl)nc(Cl)c1. The number of aromatic nitrogens is 1. The minimum atomic E-state index is -0.469. The van der Waals surface area contributed by atoms with Crippen LogP contribution >= 0.6 is 23.2 Å². The largest absolute Gasteiger partial charge is 0.460 e. The molecule has 0 aromatic carbocycles. The Labute approximate surface area is 145 Å². The van der Waals surface area contributed by atoms with Gasteiger partial charge in [0.05, 0.1) is 5.92 Å². The number of carbonyl (C=O) groups is 2. The van der Waals surface area contributed by atoms with Crippen molar-refractivity contribution in [2.24, 2.45) is 23.7 Å². The average molecular weight is 356 g/mol. The predicted molar refractivity (Wildman–Crippen MR) is 87.6 cm³/mol. The molecule has 0 radical (unpaired) electrons. The van der Waals surface area contributed by atoms with Gasteiger partial charge in [0, 0.05) is 11.5 Å². The third-order valence-electron chi connectivity index (χ3n) is 4.54. The van der Waals surface area contributed by atoms with Crippen molar-refractivity contribution in [1.82, 2.24) is 4.98 Å². The summed E-state index contributed by atoms with van der Waals surface area (Å²) in [5.74, 6) is 0.331. The van der Waals surface area contributed by atoms with E-state index in [4.69, 9.17) is 27.9 Å². The molecule has 124 valence electrons. The molecular formula is C17H19Cl2NO3. The molecule has 1 heterocycles. The Kier molecular flexibility index (Phi) is 4.18. The van der Waals surface area contributed by atoms with Crippen LogP contribution in [0.25, 0.3) is 0 Å². The Morgan fingerprint density at radius 1 is 1.13 bits per heavy atom. The zero-order valence-corrected chi connectivity index (χ0v) is 14.8. The Balaban J connectivity index is 1.61. The lowest BCUT2D eigenvalue weighted by atomic mass is 9.95. The molecule has 0 spiro atoms. The van der Waals surface area contributed by atoms with E-state index in [-0.39, 0.29) is 45.7 Å². The lowest BCUT2D eigenvalue weighted by Gasteiger charge is -2.23. The molecule has 2 aliphatic carbocycles. The lowest BCUT2D eigenvalue weighted by Crippen LogP contribution is -2.28. The van der Waals surface area contributed by atoms with E-state index in [1.165, 1.54) is 0 Å². The monoisotopic (exact) mass is 355 g/mol. The predicted octanol–water partition coefficient (Wildman–Crippen LogP) is 4.19. The van der Waals surface area contributed by atoms with Gasteiger partial charge >= 0.3 is 5.97 Å². The molecule has 0 aliphatic heterocycles. The summed E-state index contributed by atoms with van der Waals surface area (Å²) in [6, 6.07) is 3.10. The highest BCUT2D eigenvalue weighted by atomic mass is 35.5. The third kappa shape index (κ3) is 3.53. The fraction of sp³-hybridized carbons (Fsp3) is 0.588. The summed E-state index contributed by atoms with van der Waals surface area (Å²) in [5, 5.41) is 0.441. The minimum absolute atomic E-state index is 0.0248. The highest BCUT2D eigenvalue weighted by Crippen LogP contribution is 2.61. The van der Waals surface area contributed by atoms with Gasteiger partial charge in [-0.1, -0.05) is 23.2 Å². The summed E-state index contributed by atoms with van der Waals surface area (Å²) < 4.78 is 5.44. The molecule has 1 aromatic heterocycles. The first kappa shape index (κ1) is 16.7. The number of Topliss-reactive ketones (excluding diaryl/α,β-unsaturated/α-hetero) is 1. The van der Waals surface area contributed by atoms with Gasteiger partial charge in [-0.25, -0.2) is 4.98 Å². The van der Waals surface area contributed by atoms with Crippen LogP contribution in [0.2, 0.25) is 10.3 Å². The van der Waals surface area contributed by atoms with Gasteiger partial charge in [-0.05, 0) is 57.6 Å². The van der Waals surface area contributed by atoms with Crippen LogP contribution in [0, 0.1) is 23.7 Å². The minimum Gasteiger partial charge on any atom is -0.460 e. The Morgan fingerprint density at radius 2 is 1.65 bits per heavy atom. The maximum Gasteiger partial charge on any atom is 0.309 e. The maximum atomic E-state index is 12.6. The number of carbonyl (C=O) groups excluding carboxylic acids is 2. The summed E-state index contributed by atoms with van der Waals surface area (Å²) in [7, 11) is 0. The van der Waals surface area contributed by atoms with Gasteiger partial charge in [-0.2, -0.15) is 0 Å². The maximum absolute atomic E-state index is 12.6. The van der Waals surface area contributed by atoms with E-state index in [2.05, 4.69) is 4.98 Å². The van der Waals surface area contributed by atoms with E-state index in [1.54, 1.807) is 12.1 Å². The molecule has 2 fully saturated rings. The van der Waals surface area contributed by atoms with Gasteiger partial charge < -0.3 is 4.74 Å². The smallest absolute Gasteiger partial charge is 0.309 e. The summed E-state index contributed by atoms with van der Waals surface area (Å²) in [4.78, 5) is 28.5. The molecule has 6 heteroatoms. The summed E-state index contributed by atoms with van der Waals surface area (Å²) in [5.41, 5.74) is 0.0344. The van der Waals surface area contributed by atoms with Crippen LogP contribution in [-0.4, -0.2) is 22.3 Å². The third-order valence-corrected chi connectivity index (χ3v) is 4.92. The molecule has 4 nitrogen and oxygen atoms in total. The standard InChI is InChI=1S/C17H19Cl2NO3/c1-17(2,3)23-16(22)9-4-10-11(5-9)14(10)15(21)8-6-12(18)20-13(19)7-8/h6-7,9-11,14H,4-5H2,1-3H3. The number of pyridine rings is 1. The molecule has 3 rings (SSSR count). The second-order valence-electron chi connectivity index (χ2n) is 7.42. The van der Waals surface area contributed by atoms with Crippen molar-refractivity contribution >= 4 is 35.0 Å². The zero-order chi connectivity index (χ0) is 16.9. The van der Waals surface area contributed by atoms with E-state index in [0.29, 0.717) is 5.56 Å². The van der Waals surface area contributed by atoms with Crippen molar-refractivity contribution in [3.63, 3.8) is 0 Å². The van der Waals surface area contributed by atoms with Crippen molar-refractivity contribution < 1.29 is 14.3 Å². The topological polar surface area (TPSA) is 56.3 Å². The van der Waals surface area contributed by atoms with Crippen molar-refractivity contribution in [2.75, 3.05) is 0 Å². The van der Waals surface area contributed by atoms with Crippen LogP contribution < -0.4 is 0 Å². The van der Waals surface area contributed by atoms with Crippen LogP contribution in [0.15, 0.2) is 12.1 Å². The van der Waals surface area contributed by atoms with Crippen LogP contribution in [0.1, 0.15) is 44.0 Å². The number of hydrogen-bond donors (Lipinski definition) is 0. The fourth-order valence-electron chi connectivity index (χ4n) is 3.61. The molecule has 23 heavy (non-hydrogen) atoms. The first-order chi connectivity index (χ1) is 10.7. The molecule has 2 unspecified atom stereocenters. The summed E-state index contributed by atoms with van der Waals surface area (Å²) in [6.45, 7) is 5.59. The lowest BCUT2D eigenvalue weighted by molar-refractivity contribution is -0.160. The van der Waals surface area contributed by atoms with Crippen LogP contribution in [0.5, 0.6) is 0 Å². The number of halogens is 2. The normalized spacial score (nSPS) is 29.1. The number of fused-ring (bicyclic) bond motifs is 1. The summed E-state index contributed by atoms with van der Waals surface area (Å²) in [6.07, 6.45) is 1.45. The quantitative estimate of drug-likeness (QED) is 0.463. The molecule has 0 amide bonds. The Morgan fingerprint density at radius 3 is 2.13 bits per heavy atom. The van der Waals surface area contributed by atoms with Crippen molar-refractivity contribution in [2.45, 2.75) is 39.2 Å². The first-order valence-corrected chi connectivity index (χ1v) is 8.51. The van der Waals surface area contributed by atoms with E-state index >= 15 is 0 Å². The number of hydrogen-bond acceptors (Lipinski definition) is 4. The molecular weight excluding hydrogens is 337 g/mol. The molecule has 0 N–H and O–H groups in total. The molecule has 2 saturated carbocycles. The molecule has 2 aliphatic rings. The average Bonchev–Trinajstić information content (AvgIpc) is 2.88. The molecule has 0 saturated heterocycles. The van der Waals surface area contributed by atoms with Gasteiger partial charge in [-0.15, -0.1) is 0 Å². The Bertz CT molecular complexity index is 636. The second kappa shape index (κ2) is 5.75. The highest BCUT2D eigenvalue weighted by Gasteiger charge is 2.60. The fourth-order valence-corrected chi connectivity index (χ4v) is 4.07. The molecule has 0 bridgehead atoms. The number of ether oxygens (including phenoxy) is 1. The van der Waals surface area contributed by atoms with Crippen molar-refractivity contribution in [3.8, 4) is 0 Å². The van der Waals surface area contributed by atoms with Gasteiger partial charge in [0.15, 0.2) is 5.78 Å². The molecule has 1 aromatic rings. The van der Waals surface area contributed by atoms with Gasteiger partial charge in [0.25, 0.3) is 0 Å². The second-order valence-corrected chi connectivity index (χ2v) is 8.20. The van der Waals surface area contributed by atoms with E-state index in [9.17, 15) is 9.59 Å². The first-order valence-electron chi connectivity index (χ1n) is 7.76. The van der Waals surface area contributed by atoms with Crippen molar-refractivity contribution in [1.29, 1.82) is 0 Å². The van der Waals surface area contributed by atoms with Gasteiger partial charge in [-0.3, -0.25) is 9.59 Å². The van der Waals surface area contributed by atoms with E-state index in [1.807, 2.05) is 20.8 Å². The number of ketones is 1.